The molecule has 1 heterocycles. The van der Waals surface area contributed by atoms with Crippen molar-refractivity contribution < 1.29 is 13.9 Å². The number of benzene rings is 2. The van der Waals surface area contributed by atoms with Gasteiger partial charge < -0.3 is 9.15 Å². The molecule has 0 N–H and O–H groups in total. The van der Waals surface area contributed by atoms with E-state index in [1.807, 2.05) is 48.5 Å². The van der Waals surface area contributed by atoms with Gasteiger partial charge in [-0.3, -0.25) is 4.79 Å². The number of alkyl halides is 1. The van der Waals surface area contributed by atoms with Crippen LogP contribution in [0.3, 0.4) is 0 Å². The van der Waals surface area contributed by atoms with Gasteiger partial charge >= 0.3 is 0 Å². The summed E-state index contributed by atoms with van der Waals surface area (Å²) in [7, 11) is 0. The molecule has 0 saturated carbocycles. The molecule has 0 unspecified atom stereocenters. The second-order valence-electron chi connectivity index (χ2n) is 4.64. The number of carbonyl (C=O) groups is 1. The summed E-state index contributed by atoms with van der Waals surface area (Å²) >= 11 is 3.14. The maximum absolute atomic E-state index is 11.6. The van der Waals surface area contributed by atoms with Crippen LogP contribution in [0.2, 0.25) is 0 Å². The highest BCUT2D eigenvalue weighted by Crippen LogP contribution is 2.25. The predicted molar refractivity (Wildman–Crippen MR) is 85.1 cm³/mol. The van der Waals surface area contributed by atoms with E-state index in [4.69, 9.17) is 9.15 Å². The number of halogens is 1. The Morgan fingerprint density at radius 2 is 1.90 bits per heavy atom. The van der Waals surface area contributed by atoms with Crippen LogP contribution in [0.25, 0.3) is 11.0 Å². The molecule has 1 aromatic heterocycles. The molecule has 0 fully saturated rings. The molecule has 0 bridgehead atoms. The fourth-order valence-electron chi connectivity index (χ4n) is 2.05. The third-order valence-electron chi connectivity index (χ3n) is 3.14. The van der Waals surface area contributed by atoms with Crippen LogP contribution in [0.4, 0.5) is 0 Å². The Morgan fingerprint density at radius 3 is 2.67 bits per heavy atom. The lowest BCUT2D eigenvalue weighted by atomic mass is 10.2. The van der Waals surface area contributed by atoms with Crippen LogP contribution in [0, 0.1) is 0 Å². The van der Waals surface area contributed by atoms with Crippen LogP contribution in [-0.4, -0.2) is 11.1 Å². The van der Waals surface area contributed by atoms with Gasteiger partial charge in [-0.1, -0.05) is 46.3 Å². The van der Waals surface area contributed by atoms with E-state index in [1.165, 1.54) is 0 Å². The Morgan fingerprint density at radius 1 is 1.10 bits per heavy atom. The molecule has 0 radical (unpaired) electrons. The number of hydrogen-bond acceptors (Lipinski definition) is 3. The second kappa shape index (κ2) is 6.14. The highest BCUT2D eigenvalue weighted by atomic mass is 79.9. The van der Waals surface area contributed by atoms with E-state index in [1.54, 1.807) is 6.07 Å². The Labute approximate surface area is 130 Å². The summed E-state index contributed by atoms with van der Waals surface area (Å²) in [5.41, 5.74) is 1.76. The lowest BCUT2D eigenvalue weighted by molar-refractivity contribution is 0.0995. The van der Waals surface area contributed by atoms with Gasteiger partial charge in [-0.05, 0) is 23.8 Å². The van der Waals surface area contributed by atoms with Crippen molar-refractivity contribution in [2.75, 3.05) is 5.33 Å². The lowest BCUT2D eigenvalue weighted by Crippen LogP contribution is -1.96. The fourth-order valence-corrected chi connectivity index (χ4v) is 2.32. The summed E-state index contributed by atoms with van der Waals surface area (Å²) in [4.78, 5) is 11.6. The van der Waals surface area contributed by atoms with Crippen LogP contribution in [-0.2, 0) is 6.61 Å². The summed E-state index contributed by atoms with van der Waals surface area (Å²) in [6.07, 6.45) is 0. The summed E-state index contributed by atoms with van der Waals surface area (Å²) < 4.78 is 11.3. The van der Waals surface area contributed by atoms with Gasteiger partial charge in [0.2, 0.25) is 5.78 Å². The molecule has 3 nitrogen and oxygen atoms in total. The van der Waals surface area contributed by atoms with E-state index >= 15 is 0 Å². The average molecular weight is 345 g/mol. The molecule has 2 aromatic carbocycles. The fraction of sp³-hybridized carbons (Fsp3) is 0.118. The number of ether oxygens (including phenoxy) is 1. The number of fused-ring (bicyclic) bond motifs is 1. The number of ketones is 1. The average Bonchev–Trinajstić information content (AvgIpc) is 2.96. The minimum atomic E-state index is -0.0713. The van der Waals surface area contributed by atoms with Crippen LogP contribution >= 0.6 is 15.9 Å². The van der Waals surface area contributed by atoms with Gasteiger partial charge in [-0.15, -0.1) is 0 Å². The topological polar surface area (TPSA) is 39.4 Å². The normalized spacial score (nSPS) is 10.7. The largest absolute Gasteiger partial charge is 0.489 e. The number of Topliss-reactive ketones (excluding diaryl/α,β-unsaturated/α-hetero) is 1. The number of carbonyl (C=O) groups excluding carboxylic acids is 1. The molecule has 0 aliphatic rings. The molecule has 3 rings (SSSR count). The number of hydrogen-bond donors (Lipinski definition) is 0. The van der Waals surface area contributed by atoms with E-state index in [-0.39, 0.29) is 11.1 Å². The first-order valence-electron chi connectivity index (χ1n) is 6.56. The minimum Gasteiger partial charge on any atom is -0.489 e. The molecule has 0 aliphatic carbocycles. The molecule has 0 atom stereocenters. The van der Waals surface area contributed by atoms with Crippen molar-refractivity contribution in [3.8, 4) is 5.75 Å². The molecule has 3 aromatic rings. The first-order valence-corrected chi connectivity index (χ1v) is 7.68. The third kappa shape index (κ3) is 3.16. The third-order valence-corrected chi connectivity index (χ3v) is 3.65. The van der Waals surface area contributed by atoms with Crippen LogP contribution in [0.15, 0.2) is 59.0 Å². The van der Waals surface area contributed by atoms with Crippen molar-refractivity contribution in [2.24, 2.45) is 0 Å². The van der Waals surface area contributed by atoms with Gasteiger partial charge in [0.05, 0.1) is 5.33 Å². The zero-order chi connectivity index (χ0) is 14.7. The van der Waals surface area contributed by atoms with Crippen LogP contribution in [0.5, 0.6) is 5.75 Å². The minimum absolute atomic E-state index is 0.0713. The first kappa shape index (κ1) is 13.9. The van der Waals surface area contributed by atoms with Crippen molar-refractivity contribution in [1.82, 2.24) is 0 Å². The summed E-state index contributed by atoms with van der Waals surface area (Å²) in [6, 6.07) is 17.3. The zero-order valence-corrected chi connectivity index (χ0v) is 12.8. The number of rotatable bonds is 5. The van der Waals surface area contributed by atoms with Gasteiger partial charge in [0.15, 0.2) is 5.76 Å². The summed E-state index contributed by atoms with van der Waals surface area (Å²) in [5.74, 6) is 1.01. The molecule has 0 aliphatic heterocycles. The zero-order valence-electron chi connectivity index (χ0n) is 11.2. The summed E-state index contributed by atoms with van der Waals surface area (Å²) in [6.45, 7) is 0.500. The van der Waals surface area contributed by atoms with E-state index in [0.717, 1.165) is 16.7 Å². The SMILES string of the molecule is O=C(CBr)c1cc2ccc(OCc3ccccc3)cc2o1. The Balaban J connectivity index is 1.79. The van der Waals surface area contributed by atoms with E-state index in [9.17, 15) is 4.79 Å². The molecule has 0 amide bonds. The van der Waals surface area contributed by atoms with Gasteiger partial charge in [-0.25, -0.2) is 0 Å². The smallest absolute Gasteiger partial charge is 0.208 e. The monoisotopic (exact) mass is 344 g/mol. The van der Waals surface area contributed by atoms with Crippen molar-refractivity contribution >= 4 is 32.7 Å². The highest BCUT2D eigenvalue weighted by Gasteiger charge is 2.11. The molecular formula is C17H13BrO3. The molecule has 4 heteroatoms. The Bertz CT molecular complexity index is 762. The van der Waals surface area contributed by atoms with Gasteiger partial charge in [0.25, 0.3) is 0 Å². The molecule has 0 saturated heterocycles. The molecular weight excluding hydrogens is 332 g/mol. The standard InChI is InChI=1S/C17H13BrO3/c18-10-15(19)17-8-13-6-7-14(9-16(13)21-17)20-11-12-4-2-1-3-5-12/h1-9H,10-11H2. The molecule has 106 valence electrons. The van der Waals surface area contributed by atoms with E-state index < -0.39 is 0 Å². The maximum Gasteiger partial charge on any atom is 0.208 e. The van der Waals surface area contributed by atoms with Crippen LogP contribution in [0.1, 0.15) is 16.1 Å². The highest BCUT2D eigenvalue weighted by molar-refractivity contribution is 9.09. The quantitative estimate of drug-likeness (QED) is 0.502. The van der Waals surface area contributed by atoms with Crippen molar-refractivity contribution in [3.63, 3.8) is 0 Å². The first-order chi connectivity index (χ1) is 10.3. The lowest BCUT2D eigenvalue weighted by Gasteiger charge is -2.05. The van der Waals surface area contributed by atoms with E-state index in [0.29, 0.717) is 18.0 Å². The van der Waals surface area contributed by atoms with Gasteiger partial charge in [-0.2, -0.15) is 0 Å². The van der Waals surface area contributed by atoms with Crippen LogP contribution < -0.4 is 4.74 Å². The van der Waals surface area contributed by atoms with Gasteiger partial charge in [0.1, 0.15) is 17.9 Å². The second-order valence-corrected chi connectivity index (χ2v) is 5.20. The van der Waals surface area contributed by atoms with Gasteiger partial charge in [0, 0.05) is 11.5 Å². The Hall–Kier alpha value is -2.07. The maximum atomic E-state index is 11.6. The predicted octanol–water partition coefficient (Wildman–Crippen LogP) is 4.59. The van der Waals surface area contributed by atoms with Crippen molar-refractivity contribution in [2.45, 2.75) is 6.61 Å². The number of furan rings is 1. The van der Waals surface area contributed by atoms with Crippen molar-refractivity contribution in [1.29, 1.82) is 0 Å². The summed E-state index contributed by atoms with van der Waals surface area (Å²) in [5, 5.41) is 1.15. The molecule has 21 heavy (non-hydrogen) atoms. The van der Waals surface area contributed by atoms with E-state index in [2.05, 4.69) is 15.9 Å². The Kier molecular flexibility index (Phi) is 4.06. The molecule has 0 spiro atoms. The van der Waals surface area contributed by atoms with Crippen molar-refractivity contribution in [3.05, 3.63) is 65.9 Å².